The van der Waals surface area contributed by atoms with E-state index in [0.717, 1.165) is 31.5 Å². The molecule has 6 nitrogen and oxygen atoms in total. The summed E-state index contributed by atoms with van der Waals surface area (Å²) in [4.78, 5) is 24.1. The molecule has 2 heterocycles. The third-order valence-electron chi connectivity index (χ3n) is 5.69. The molecule has 0 aliphatic carbocycles. The van der Waals surface area contributed by atoms with Crippen LogP contribution in [-0.4, -0.2) is 33.4 Å². The van der Waals surface area contributed by atoms with Crippen LogP contribution in [0.5, 0.6) is 0 Å². The predicted octanol–water partition coefficient (Wildman–Crippen LogP) is 4.32. The van der Waals surface area contributed by atoms with E-state index in [-0.39, 0.29) is 16.5 Å². The van der Waals surface area contributed by atoms with E-state index in [1.54, 1.807) is 19.1 Å². The molecule has 0 spiro atoms. The number of non-ortho nitro benzene ring substituents is 1. The maximum atomic E-state index is 11.6. The molecular formula is C22H23N3O3. The van der Waals surface area contributed by atoms with E-state index < -0.39 is 0 Å². The summed E-state index contributed by atoms with van der Waals surface area (Å²) in [6, 6.07) is 17.4. The molecule has 1 aliphatic heterocycles. The number of likely N-dealkylation sites (tertiary alicyclic amines) is 1. The number of aromatic nitrogens is 1. The molecule has 3 aromatic rings. The van der Waals surface area contributed by atoms with Crippen LogP contribution < -0.4 is 0 Å². The largest absolute Gasteiger partial charge is 0.343 e. The summed E-state index contributed by atoms with van der Waals surface area (Å²) in [5.41, 5.74) is 3.60. The third kappa shape index (κ3) is 3.50. The predicted molar refractivity (Wildman–Crippen MR) is 108 cm³/mol. The molecule has 0 N–H and O–H groups in total. The molecule has 0 saturated carbocycles. The first kappa shape index (κ1) is 18.2. The molecule has 1 aliphatic rings. The molecular weight excluding hydrogens is 354 g/mol. The molecule has 0 unspecified atom stereocenters. The number of carbonyl (C=O) groups is 1. The van der Waals surface area contributed by atoms with E-state index in [2.05, 4.69) is 22.8 Å². The Morgan fingerprint density at radius 3 is 2.43 bits per heavy atom. The van der Waals surface area contributed by atoms with Gasteiger partial charge in [0.1, 0.15) is 0 Å². The van der Waals surface area contributed by atoms with Gasteiger partial charge in [-0.15, -0.1) is 0 Å². The Labute approximate surface area is 163 Å². The highest BCUT2D eigenvalue weighted by molar-refractivity contribution is 5.81. The molecule has 0 bridgehead atoms. The van der Waals surface area contributed by atoms with Crippen molar-refractivity contribution in [1.29, 1.82) is 0 Å². The number of carbonyl (C=O) groups excluding carboxylic acids is 1. The van der Waals surface area contributed by atoms with Crippen LogP contribution in [0.2, 0.25) is 0 Å². The van der Waals surface area contributed by atoms with Crippen LogP contribution in [0.25, 0.3) is 10.9 Å². The van der Waals surface area contributed by atoms with Crippen LogP contribution in [0.4, 0.5) is 5.69 Å². The van der Waals surface area contributed by atoms with Gasteiger partial charge in [-0.2, -0.15) is 0 Å². The highest BCUT2D eigenvalue weighted by Crippen LogP contribution is 2.33. The van der Waals surface area contributed by atoms with Crippen molar-refractivity contribution >= 4 is 22.5 Å². The number of nitro groups is 1. The van der Waals surface area contributed by atoms with Crippen LogP contribution in [0.1, 0.15) is 36.9 Å². The summed E-state index contributed by atoms with van der Waals surface area (Å²) in [7, 11) is 0. The van der Waals surface area contributed by atoms with Gasteiger partial charge in [0.05, 0.1) is 4.92 Å². The fourth-order valence-electron chi connectivity index (χ4n) is 4.14. The van der Waals surface area contributed by atoms with E-state index in [1.165, 1.54) is 16.6 Å². The number of rotatable bonds is 4. The molecule has 6 heteroatoms. The fraction of sp³-hybridized carbons (Fsp3) is 0.318. The Morgan fingerprint density at radius 1 is 1.11 bits per heavy atom. The first-order valence-corrected chi connectivity index (χ1v) is 9.60. The minimum absolute atomic E-state index is 0.109. The zero-order valence-electron chi connectivity index (χ0n) is 15.9. The van der Waals surface area contributed by atoms with Crippen LogP contribution in [0.3, 0.4) is 0 Å². The number of amides is 1. The Morgan fingerprint density at radius 2 is 1.79 bits per heavy atom. The smallest absolute Gasteiger partial charge is 0.269 e. The monoisotopic (exact) mass is 377 g/mol. The van der Waals surface area contributed by atoms with Crippen molar-refractivity contribution in [3.05, 3.63) is 76.0 Å². The molecule has 2 aromatic carbocycles. The minimum Gasteiger partial charge on any atom is -0.343 e. The van der Waals surface area contributed by atoms with Crippen molar-refractivity contribution in [2.24, 2.45) is 0 Å². The van der Waals surface area contributed by atoms with Crippen molar-refractivity contribution < 1.29 is 9.72 Å². The van der Waals surface area contributed by atoms with Gasteiger partial charge in [0.25, 0.3) is 5.69 Å². The third-order valence-corrected chi connectivity index (χ3v) is 5.69. The van der Waals surface area contributed by atoms with Crippen molar-refractivity contribution in [2.75, 3.05) is 13.1 Å². The molecule has 0 radical (unpaired) electrons. The second-order valence-electron chi connectivity index (χ2n) is 7.42. The highest BCUT2D eigenvalue weighted by Gasteiger charge is 2.25. The van der Waals surface area contributed by atoms with Gasteiger partial charge >= 0.3 is 0 Å². The first-order valence-electron chi connectivity index (χ1n) is 9.60. The van der Waals surface area contributed by atoms with E-state index in [0.29, 0.717) is 12.5 Å². The summed E-state index contributed by atoms with van der Waals surface area (Å²) < 4.78 is 2.32. The maximum absolute atomic E-state index is 11.6. The quantitative estimate of drug-likeness (QED) is 0.502. The molecule has 28 heavy (non-hydrogen) atoms. The van der Waals surface area contributed by atoms with Gasteiger partial charge in [-0.25, -0.2) is 0 Å². The highest BCUT2D eigenvalue weighted by atomic mass is 16.6. The molecule has 1 amide bonds. The average molecular weight is 377 g/mol. The van der Waals surface area contributed by atoms with E-state index in [1.807, 2.05) is 29.2 Å². The molecule has 144 valence electrons. The minimum atomic E-state index is -0.372. The Kier molecular flexibility index (Phi) is 4.86. The van der Waals surface area contributed by atoms with Gasteiger partial charge < -0.3 is 9.47 Å². The van der Waals surface area contributed by atoms with Crippen LogP contribution in [-0.2, 0) is 11.3 Å². The summed E-state index contributed by atoms with van der Waals surface area (Å²) in [5, 5.41) is 12.1. The van der Waals surface area contributed by atoms with Gasteiger partial charge in [0.15, 0.2) is 0 Å². The van der Waals surface area contributed by atoms with Gasteiger partial charge in [0, 0.05) is 55.8 Å². The summed E-state index contributed by atoms with van der Waals surface area (Å²) >= 11 is 0. The lowest BCUT2D eigenvalue weighted by Crippen LogP contribution is -2.36. The van der Waals surface area contributed by atoms with Crippen molar-refractivity contribution in [3.63, 3.8) is 0 Å². The Bertz CT molecular complexity index is 1020. The standard InChI is InChI=1S/C22H23N3O3/c1-16(26)23-12-10-18(11-13-23)22-14-19-4-2-3-5-21(19)24(22)15-17-6-8-20(9-7-17)25(27)28/h2-9,14,18H,10-13,15H2,1H3. The SMILES string of the molecule is CC(=O)N1CCC(c2cc3ccccc3n2Cc2ccc([N+](=O)[O-])cc2)CC1. The number of piperidine rings is 1. The first-order chi connectivity index (χ1) is 13.5. The maximum Gasteiger partial charge on any atom is 0.269 e. The number of fused-ring (bicyclic) bond motifs is 1. The normalized spacial score (nSPS) is 15.1. The number of hydrogen-bond acceptors (Lipinski definition) is 3. The molecule has 1 fully saturated rings. The number of nitrogens with zero attached hydrogens (tertiary/aromatic N) is 3. The molecule has 4 rings (SSSR count). The van der Waals surface area contributed by atoms with E-state index in [4.69, 9.17) is 0 Å². The van der Waals surface area contributed by atoms with Crippen molar-refractivity contribution in [1.82, 2.24) is 9.47 Å². The second-order valence-corrected chi connectivity index (χ2v) is 7.42. The van der Waals surface area contributed by atoms with Crippen LogP contribution in [0, 0.1) is 10.1 Å². The lowest BCUT2D eigenvalue weighted by atomic mass is 9.93. The van der Waals surface area contributed by atoms with Gasteiger partial charge in [-0.3, -0.25) is 14.9 Å². The van der Waals surface area contributed by atoms with E-state index >= 15 is 0 Å². The zero-order chi connectivity index (χ0) is 19.7. The van der Waals surface area contributed by atoms with Gasteiger partial charge in [-0.05, 0) is 35.9 Å². The number of nitro benzene ring substituents is 1. The average Bonchev–Trinajstić information content (AvgIpc) is 3.07. The lowest BCUT2D eigenvalue weighted by Gasteiger charge is -2.32. The van der Waals surface area contributed by atoms with E-state index in [9.17, 15) is 14.9 Å². The summed E-state index contributed by atoms with van der Waals surface area (Å²) in [6.07, 6.45) is 1.91. The fourth-order valence-corrected chi connectivity index (χ4v) is 4.14. The molecule has 1 saturated heterocycles. The summed E-state index contributed by atoms with van der Waals surface area (Å²) in [5.74, 6) is 0.547. The number of para-hydroxylation sites is 1. The number of hydrogen-bond donors (Lipinski definition) is 0. The molecule has 1 aromatic heterocycles. The number of benzene rings is 2. The van der Waals surface area contributed by atoms with Gasteiger partial charge in [-0.1, -0.05) is 30.3 Å². The van der Waals surface area contributed by atoms with Crippen molar-refractivity contribution in [2.45, 2.75) is 32.2 Å². The Balaban J connectivity index is 1.66. The van der Waals surface area contributed by atoms with Gasteiger partial charge in [0.2, 0.25) is 5.91 Å². The van der Waals surface area contributed by atoms with Crippen molar-refractivity contribution in [3.8, 4) is 0 Å². The van der Waals surface area contributed by atoms with Crippen LogP contribution >= 0.6 is 0 Å². The second kappa shape index (κ2) is 7.46. The molecule has 0 atom stereocenters. The lowest BCUT2D eigenvalue weighted by molar-refractivity contribution is -0.384. The summed E-state index contributed by atoms with van der Waals surface area (Å²) in [6.45, 7) is 3.89. The topological polar surface area (TPSA) is 68.4 Å². The Hall–Kier alpha value is -3.15. The zero-order valence-corrected chi connectivity index (χ0v) is 15.9. The van der Waals surface area contributed by atoms with Crippen LogP contribution in [0.15, 0.2) is 54.6 Å².